The van der Waals surface area contributed by atoms with E-state index in [1.807, 2.05) is 0 Å². The molecule has 0 atom stereocenters. The van der Waals surface area contributed by atoms with Gasteiger partial charge in [0, 0.05) is 32.6 Å². The highest BCUT2D eigenvalue weighted by molar-refractivity contribution is 5.75. The zero-order chi connectivity index (χ0) is 14.6. The average molecular weight is 287 g/mol. The molecule has 0 aromatic carbocycles. The minimum Gasteiger partial charge on any atom is -0.481 e. The molecule has 0 aromatic heterocycles. The smallest absolute Gasteiger partial charge is 0.303 e. The molecule has 0 aromatic rings. The molecule has 0 spiro atoms. The molecule has 1 fully saturated rings. The van der Waals surface area contributed by atoms with Crippen LogP contribution in [0.25, 0.3) is 0 Å². The highest BCUT2D eigenvalue weighted by Crippen LogP contribution is 2.10. The van der Waals surface area contributed by atoms with Gasteiger partial charge in [-0.15, -0.1) is 0 Å². The van der Waals surface area contributed by atoms with Gasteiger partial charge in [0.25, 0.3) is 0 Å². The van der Waals surface area contributed by atoms with Gasteiger partial charge in [0.2, 0.25) is 5.91 Å². The molecule has 1 rings (SSSR count). The zero-order valence-corrected chi connectivity index (χ0v) is 11.9. The number of carbonyl (C=O) groups excluding carboxylic acids is 1. The van der Waals surface area contributed by atoms with E-state index in [0.29, 0.717) is 26.0 Å². The van der Waals surface area contributed by atoms with E-state index < -0.39 is 5.97 Å². The highest BCUT2D eigenvalue weighted by atomic mass is 16.5. The summed E-state index contributed by atoms with van der Waals surface area (Å²) in [5.74, 6) is -0.769. The highest BCUT2D eigenvalue weighted by Gasteiger charge is 2.14. The maximum atomic E-state index is 11.5. The van der Waals surface area contributed by atoms with Gasteiger partial charge >= 0.3 is 5.97 Å². The zero-order valence-electron chi connectivity index (χ0n) is 11.9. The second-order valence-electron chi connectivity index (χ2n) is 4.99. The molecule has 0 unspecified atom stereocenters. The molecule has 6 nitrogen and oxygen atoms in total. The molecule has 0 aliphatic carbocycles. The number of nitrogens with one attached hydrogen (secondary N) is 1. The Morgan fingerprint density at radius 2 is 1.90 bits per heavy atom. The van der Waals surface area contributed by atoms with Crippen molar-refractivity contribution in [1.82, 2.24) is 5.32 Å². The number of rotatable bonds is 10. The molecule has 0 bridgehead atoms. The summed E-state index contributed by atoms with van der Waals surface area (Å²) in [6.07, 6.45) is 4.94. The summed E-state index contributed by atoms with van der Waals surface area (Å²) in [6, 6.07) is 0. The van der Waals surface area contributed by atoms with Crippen molar-refractivity contribution in [3.8, 4) is 0 Å². The summed E-state index contributed by atoms with van der Waals surface area (Å²) in [6.45, 7) is 2.55. The van der Waals surface area contributed by atoms with E-state index in [9.17, 15) is 9.59 Å². The Labute approximate surface area is 119 Å². The number of carboxylic acids is 1. The average Bonchev–Trinajstić information content (AvgIpc) is 2.43. The molecule has 1 amide bonds. The Hall–Kier alpha value is -1.14. The fourth-order valence-electron chi connectivity index (χ4n) is 2.06. The standard InChI is InChI=1S/C14H25NO5/c16-13(15-8-3-1-2-4-14(17)18)7-11-20-12-5-9-19-10-6-12/h12H,1-11H2,(H,15,16)(H,17,18). The van der Waals surface area contributed by atoms with Crippen LogP contribution in [0.3, 0.4) is 0 Å². The van der Waals surface area contributed by atoms with E-state index in [-0.39, 0.29) is 18.4 Å². The first-order valence-corrected chi connectivity index (χ1v) is 7.36. The number of amides is 1. The second-order valence-corrected chi connectivity index (χ2v) is 4.99. The number of carbonyl (C=O) groups is 2. The predicted molar refractivity (Wildman–Crippen MR) is 73.5 cm³/mol. The maximum absolute atomic E-state index is 11.5. The third-order valence-electron chi connectivity index (χ3n) is 3.24. The van der Waals surface area contributed by atoms with Gasteiger partial charge in [-0.1, -0.05) is 6.42 Å². The van der Waals surface area contributed by atoms with Gasteiger partial charge in [-0.3, -0.25) is 9.59 Å². The van der Waals surface area contributed by atoms with Crippen LogP contribution in [0, 0.1) is 0 Å². The minimum absolute atomic E-state index is 0.00436. The maximum Gasteiger partial charge on any atom is 0.303 e. The van der Waals surface area contributed by atoms with Crippen LogP contribution < -0.4 is 5.32 Å². The van der Waals surface area contributed by atoms with Crippen molar-refractivity contribution >= 4 is 11.9 Å². The van der Waals surface area contributed by atoms with E-state index in [0.717, 1.165) is 38.9 Å². The quantitative estimate of drug-likeness (QED) is 0.592. The van der Waals surface area contributed by atoms with Crippen LogP contribution in [0.4, 0.5) is 0 Å². The van der Waals surface area contributed by atoms with Gasteiger partial charge in [0.1, 0.15) is 0 Å². The number of hydrogen-bond acceptors (Lipinski definition) is 4. The van der Waals surface area contributed by atoms with Crippen molar-refractivity contribution in [2.45, 2.75) is 51.0 Å². The summed E-state index contributed by atoms with van der Waals surface area (Å²) in [7, 11) is 0. The lowest BCUT2D eigenvalue weighted by Crippen LogP contribution is -2.28. The number of unbranched alkanes of at least 4 members (excludes halogenated alkanes) is 2. The fraction of sp³-hybridized carbons (Fsp3) is 0.857. The first kappa shape index (κ1) is 16.9. The number of carboxylic acid groups (broad SMARTS) is 1. The molecule has 1 aliphatic heterocycles. The molecule has 0 saturated carbocycles. The van der Waals surface area contributed by atoms with Crippen LogP contribution in [0.5, 0.6) is 0 Å². The molecule has 1 aliphatic rings. The summed E-state index contributed by atoms with van der Waals surface area (Å²) in [4.78, 5) is 21.8. The third kappa shape index (κ3) is 8.87. The lowest BCUT2D eigenvalue weighted by molar-refractivity contribution is -0.137. The van der Waals surface area contributed by atoms with Crippen LogP contribution in [0.15, 0.2) is 0 Å². The van der Waals surface area contributed by atoms with Crippen LogP contribution in [0.2, 0.25) is 0 Å². The fourth-order valence-corrected chi connectivity index (χ4v) is 2.06. The van der Waals surface area contributed by atoms with Gasteiger partial charge < -0.3 is 19.9 Å². The molecule has 6 heteroatoms. The molecular formula is C14H25NO5. The van der Waals surface area contributed by atoms with E-state index in [1.54, 1.807) is 0 Å². The molecular weight excluding hydrogens is 262 g/mol. The monoisotopic (exact) mass is 287 g/mol. The van der Waals surface area contributed by atoms with Crippen molar-refractivity contribution in [3.63, 3.8) is 0 Å². The minimum atomic E-state index is -0.765. The van der Waals surface area contributed by atoms with Crippen LogP contribution >= 0.6 is 0 Å². The van der Waals surface area contributed by atoms with E-state index in [4.69, 9.17) is 14.6 Å². The largest absolute Gasteiger partial charge is 0.481 e. The molecule has 116 valence electrons. The Bertz CT molecular complexity index is 289. The molecule has 2 N–H and O–H groups in total. The Morgan fingerprint density at radius 3 is 2.60 bits per heavy atom. The van der Waals surface area contributed by atoms with Crippen LogP contribution in [-0.2, 0) is 19.1 Å². The summed E-state index contributed by atoms with van der Waals surface area (Å²) in [5, 5.41) is 11.3. The van der Waals surface area contributed by atoms with Crippen LogP contribution in [-0.4, -0.2) is 49.5 Å². The van der Waals surface area contributed by atoms with Gasteiger partial charge in [0.15, 0.2) is 0 Å². The van der Waals surface area contributed by atoms with E-state index in [1.165, 1.54) is 0 Å². The van der Waals surface area contributed by atoms with Crippen molar-refractivity contribution in [1.29, 1.82) is 0 Å². The first-order chi connectivity index (χ1) is 9.68. The van der Waals surface area contributed by atoms with Crippen molar-refractivity contribution < 1.29 is 24.2 Å². The van der Waals surface area contributed by atoms with Crippen molar-refractivity contribution in [3.05, 3.63) is 0 Å². The lowest BCUT2D eigenvalue weighted by atomic mass is 10.1. The molecule has 20 heavy (non-hydrogen) atoms. The van der Waals surface area contributed by atoms with Gasteiger partial charge in [-0.05, 0) is 25.7 Å². The second kappa shape index (κ2) is 10.6. The summed E-state index contributed by atoms with van der Waals surface area (Å²) >= 11 is 0. The summed E-state index contributed by atoms with van der Waals surface area (Å²) < 4.78 is 10.8. The van der Waals surface area contributed by atoms with Gasteiger partial charge in [-0.2, -0.15) is 0 Å². The summed E-state index contributed by atoms with van der Waals surface area (Å²) in [5.41, 5.74) is 0. The lowest BCUT2D eigenvalue weighted by Gasteiger charge is -2.22. The first-order valence-electron chi connectivity index (χ1n) is 7.36. The Morgan fingerprint density at radius 1 is 1.15 bits per heavy atom. The molecule has 0 radical (unpaired) electrons. The molecule has 1 heterocycles. The Balaban J connectivity index is 1.88. The number of hydrogen-bond donors (Lipinski definition) is 2. The van der Waals surface area contributed by atoms with E-state index in [2.05, 4.69) is 5.32 Å². The third-order valence-corrected chi connectivity index (χ3v) is 3.24. The Kier molecular flexibility index (Phi) is 8.98. The van der Waals surface area contributed by atoms with E-state index >= 15 is 0 Å². The van der Waals surface area contributed by atoms with Gasteiger partial charge in [0.05, 0.1) is 12.7 Å². The van der Waals surface area contributed by atoms with Crippen molar-refractivity contribution in [2.75, 3.05) is 26.4 Å². The van der Waals surface area contributed by atoms with Crippen LogP contribution in [0.1, 0.15) is 44.9 Å². The van der Waals surface area contributed by atoms with Crippen molar-refractivity contribution in [2.24, 2.45) is 0 Å². The number of aliphatic carboxylic acids is 1. The predicted octanol–water partition coefficient (Wildman–Crippen LogP) is 1.33. The normalized spacial score (nSPS) is 16.0. The topological polar surface area (TPSA) is 84.9 Å². The SMILES string of the molecule is O=C(O)CCCCCNC(=O)CCOC1CCOCC1. The molecule has 1 saturated heterocycles. The van der Waals surface area contributed by atoms with Gasteiger partial charge in [-0.25, -0.2) is 0 Å². The number of ether oxygens (including phenoxy) is 2.